The molecule has 102 valence electrons. The van der Waals surface area contributed by atoms with Crippen molar-refractivity contribution < 1.29 is 4.42 Å². The van der Waals surface area contributed by atoms with Crippen molar-refractivity contribution in [2.75, 3.05) is 25.5 Å². The van der Waals surface area contributed by atoms with E-state index in [0.717, 1.165) is 41.3 Å². The Balaban J connectivity index is 1.73. The maximum atomic E-state index is 5.57. The van der Waals surface area contributed by atoms with Crippen molar-refractivity contribution in [2.45, 2.75) is 13.5 Å². The monoisotopic (exact) mass is 322 g/mol. The maximum absolute atomic E-state index is 5.57. The average Bonchev–Trinajstić information content (AvgIpc) is 2.75. The second-order valence-corrected chi connectivity index (χ2v) is 5.60. The highest BCUT2D eigenvalue weighted by atomic mass is 79.9. The van der Waals surface area contributed by atoms with Gasteiger partial charge in [-0.3, -0.25) is 4.90 Å². The smallest absolute Gasteiger partial charge is 0.118 e. The Labute approximate surface area is 122 Å². The van der Waals surface area contributed by atoms with Crippen LogP contribution in [0.3, 0.4) is 0 Å². The van der Waals surface area contributed by atoms with Gasteiger partial charge in [-0.05, 0) is 44.3 Å². The van der Waals surface area contributed by atoms with Crippen LogP contribution in [0.5, 0.6) is 0 Å². The molecule has 2 rings (SSSR count). The first-order valence-corrected chi connectivity index (χ1v) is 7.16. The molecule has 0 aliphatic carbocycles. The highest BCUT2D eigenvalue weighted by Gasteiger charge is 2.03. The molecule has 0 amide bonds. The fraction of sp³-hybridized carbons (Fsp3) is 0.333. The van der Waals surface area contributed by atoms with Gasteiger partial charge in [-0.25, -0.2) is 0 Å². The molecule has 3 nitrogen and oxygen atoms in total. The number of rotatable bonds is 6. The summed E-state index contributed by atoms with van der Waals surface area (Å²) in [5.41, 5.74) is 1.14. The number of likely N-dealkylation sites (N-methyl/N-ethyl adjacent to an activating group) is 1. The predicted molar refractivity (Wildman–Crippen MR) is 82.4 cm³/mol. The molecule has 1 aromatic heterocycles. The molecule has 2 aromatic rings. The fourth-order valence-electron chi connectivity index (χ4n) is 1.90. The third kappa shape index (κ3) is 4.73. The third-order valence-electron chi connectivity index (χ3n) is 2.87. The summed E-state index contributed by atoms with van der Waals surface area (Å²) >= 11 is 3.47. The zero-order chi connectivity index (χ0) is 13.7. The molecule has 0 radical (unpaired) electrons. The van der Waals surface area contributed by atoms with Crippen LogP contribution in [0.25, 0.3) is 0 Å². The molecular formula is C15H19BrN2O. The van der Waals surface area contributed by atoms with Gasteiger partial charge < -0.3 is 9.73 Å². The molecule has 0 saturated carbocycles. The predicted octanol–water partition coefficient (Wildman–Crippen LogP) is 3.89. The quantitative estimate of drug-likeness (QED) is 0.874. The van der Waals surface area contributed by atoms with Crippen LogP contribution in [0.2, 0.25) is 0 Å². The van der Waals surface area contributed by atoms with E-state index in [4.69, 9.17) is 4.42 Å². The van der Waals surface area contributed by atoms with Crippen molar-refractivity contribution in [1.82, 2.24) is 4.90 Å². The summed E-state index contributed by atoms with van der Waals surface area (Å²) in [6, 6.07) is 12.2. The summed E-state index contributed by atoms with van der Waals surface area (Å²) in [4.78, 5) is 2.24. The second kappa shape index (κ2) is 6.78. The molecule has 0 aliphatic heterocycles. The van der Waals surface area contributed by atoms with Gasteiger partial charge in [-0.1, -0.05) is 22.0 Å². The van der Waals surface area contributed by atoms with E-state index in [0.29, 0.717) is 0 Å². The van der Waals surface area contributed by atoms with Crippen molar-refractivity contribution in [3.63, 3.8) is 0 Å². The molecule has 1 heterocycles. The molecule has 0 spiro atoms. The Hall–Kier alpha value is -1.26. The second-order valence-electron chi connectivity index (χ2n) is 4.69. The van der Waals surface area contributed by atoms with E-state index in [9.17, 15) is 0 Å². The normalized spacial score (nSPS) is 10.9. The van der Waals surface area contributed by atoms with Gasteiger partial charge in [0, 0.05) is 23.2 Å². The Morgan fingerprint density at radius 2 is 2.11 bits per heavy atom. The van der Waals surface area contributed by atoms with Crippen LogP contribution in [0.15, 0.2) is 45.3 Å². The van der Waals surface area contributed by atoms with E-state index < -0.39 is 0 Å². The Morgan fingerprint density at radius 3 is 2.79 bits per heavy atom. The summed E-state index contributed by atoms with van der Waals surface area (Å²) in [7, 11) is 2.10. The number of aryl methyl sites for hydroxylation is 1. The highest BCUT2D eigenvalue weighted by molar-refractivity contribution is 9.10. The van der Waals surface area contributed by atoms with Crippen LogP contribution >= 0.6 is 15.9 Å². The van der Waals surface area contributed by atoms with Crippen molar-refractivity contribution in [3.8, 4) is 0 Å². The van der Waals surface area contributed by atoms with E-state index in [2.05, 4.69) is 45.3 Å². The summed E-state index contributed by atoms with van der Waals surface area (Å²) < 4.78 is 6.66. The molecule has 0 saturated heterocycles. The Kier molecular flexibility index (Phi) is 5.05. The van der Waals surface area contributed by atoms with Crippen molar-refractivity contribution in [1.29, 1.82) is 0 Å². The summed E-state index contributed by atoms with van der Waals surface area (Å²) in [6.07, 6.45) is 0. The SMILES string of the molecule is Cc1ccc(CN(C)CCNc2cccc(Br)c2)o1. The average molecular weight is 323 g/mol. The van der Waals surface area contributed by atoms with Crippen molar-refractivity contribution in [2.24, 2.45) is 0 Å². The third-order valence-corrected chi connectivity index (χ3v) is 3.36. The number of halogens is 1. The summed E-state index contributed by atoms with van der Waals surface area (Å²) in [5, 5.41) is 3.41. The molecule has 0 atom stereocenters. The van der Waals surface area contributed by atoms with E-state index >= 15 is 0 Å². The van der Waals surface area contributed by atoms with E-state index in [1.165, 1.54) is 0 Å². The largest absolute Gasteiger partial charge is 0.465 e. The fourth-order valence-corrected chi connectivity index (χ4v) is 2.30. The molecule has 0 unspecified atom stereocenters. The van der Waals surface area contributed by atoms with E-state index in [1.807, 2.05) is 31.2 Å². The molecule has 4 heteroatoms. The minimum absolute atomic E-state index is 0.841. The van der Waals surface area contributed by atoms with E-state index in [1.54, 1.807) is 0 Å². The lowest BCUT2D eigenvalue weighted by molar-refractivity contribution is 0.302. The zero-order valence-electron chi connectivity index (χ0n) is 11.3. The number of hydrogen-bond donors (Lipinski definition) is 1. The Morgan fingerprint density at radius 1 is 1.26 bits per heavy atom. The lowest BCUT2D eigenvalue weighted by atomic mass is 10.3. The first-order valence-electron chi connectivity index (χ1n) is 6.37. The molecule has 0 fully saturated rings. The van der Waals surface area contributed by atoms with Gasteiger partial charge in [-0.15, -0.1) is 0 Å². The first kappa shape index (κ1) is 14.2. The van der Waals surface area contributed by atoms with Crippen LogP contribution in [0.1, 0.15) is 11.5 Å². The van der Waals surface area contributed by atoms with Gasteiger partial charge in [0.1, 0.15) is 11.5 Å². The van der Waals surface area contributed by atoms with Gasteiger partial charge in [0.15, 0.2) is 0 Å². The molecule has 1 aromatic carbocycles. The minimum Gasteiger partial charge on any atom is -0.465 e. The van der Waals surface area contributed by atoms with Crippen molar-refractivity contribution >= 4 is 21.6 Å². The van der Waals surface area contributed by atoms with Gasteiger partial charge in [0.2, 0.25) is 0 Å². The topological polar surface area (TPSA) is 28.4 Å². The van der Waals surface area contributed by atoms with Crippen LogP contribution in [0.4, 0.5) is 5.69 Å². The molecule has 0 aliphatic rings. The number of nitrogens with one attached hydrogen (secondary N) is 1. The summed E-state index contributed by atoms with van der Waals surface area (Å²) in [6.45, 7) is 4.69. The van der Waals surface area contributed by atoms with E-state index in [-0.39, 0.29) is 0 Å². The van der Waals surface area contributed by atoms with Gasteiger partial charge >= 0.3 is 0 Å². The lowest BCUT2D eigenvalue weighted by Gasteiger charge is -2.16. The number of benzene rings is 1. The standard InChI is InChI=1S/C15H19BrN2O/c1-12-6-7-15(19-12)11-18(2)9-8-17-14-5-3-4-13(16)10-14/h3-7,10,17H,8-9,11H2,1-2H3. The van der Waals surface area contributed by atoms with Crippen LogP contribution < -0.4 is 5.32 Å². The summed E-state index contributed by atoms with van der Waals surface area (Å²) in [5.74, 6) is 1.98. The molecule has 0 bridgehead atoms. The van der Waals surface area contributed by atoms with Gasteiger partial charge in [0.25, 0.3) is 0 Å². The van der Waals surface area contributed by atoms with Gasteiger partial charge in [0.05, 0.1) is 6.54 Å². The first-order chi connectivity index (χ1) is 9.13. The molecule has 19 heavy (non-hydrogen) atoms. The van der Waals surface area contributed by atoms with Gasteiger partial charge in [-0.2, -0.15) is 0 Å². The van der Waals surface area contributed by atoms with Crippen LogP contribution in [-0.4, -0.2) is 25.0 Å². The number of anilines is 1. The minimum atomic E-state index is 0.841. The Bertz CT molecular complexity index is 524. The van der Waals surface area contributed by atoms with Crippen LogP contribution in [0, 0.1) is 6.92 Å². The highest BCUT2D eigenvalue weighted by Crippen LogP contribution is 2.15. The lowest BCUT2D eigenvalue weighted by Crippen LogP contribution is -2.24. The number of hydrogen-bond acceptors (Lipinski definition) is 3. The molecular weight excluding hydrogens is 304 g/mol. The molecule has 1 N–H and O–H groups in total. The zero-order valence-corrected chi connectivity index (χ0v) is 12.9. The maximum Gasteiger partial charge on any atom is 0.118 e. The van der Waals surface area contributed by atoms with Crippen LogP contribution in [-0.2, 0) is 6.54 Å². The number of nitrogens with zero attached hydrogens (tertiary/aromatic N) is 1. The number of furan rings is 1. The van der Waals surface area contributed by atoms with Crippen molar-refractivity contribution in [3.05, 3.63) is 52.4 Å².